The van der Waals surface area contributed by atoms with Gasteiger partial charge in [0.25, 0.3) is 11.5 Å². The maximum atomic E-state index is 13.4. The largest absolute Gasteiger partial charge is 0.416 e. The highest BCUT2D eigenvalue weighted by Gasteiger charge is 2.37. The Morgan fingerprint density at radius 1 is 0.973 bits per heavy atom. The number of halogens is 7. The maximum absolute atomic E-state index is 13.4. The Hall–Kier alpha value is -4.23. The molecular formula is C23H16F7N5O2. The van der Waals surface area contributed by atoms with Crippen LogP contribution < -0.4 is 10.9 Å². The lowest BCUT2D eigenvalue weighted by Crippen LogP contribution is -2.28. The first-order chi connectivity index (χ1) is 17.3. The molecule has 2 heterocycles. The fourth-order valence-electron chi connectivity index (χ4n) is 3.57. The molecule has 14 heteroatoms. The molecule has 0 aliphatic rings. The Kier molecular flexibility index (Phi) is 6.76. The van der Waals surface area contributed by atoms with Gasteiger partial charge in [-0.3, -0.25) is 14.2 Å². The number of rotatable bonds is 6. The first kappa shape index (κ1) is 25.9. The van der Waals surface area contributed by atoms with E-state index < -0.39 is 46.3 Å². The van der Waals surface area contributed by atoms with Crippen molar-refractivity contribution in [3.63, 3.8) is 0 Å². The third-order valence-corrected chi connectivity index (χ3v) is 5.32. The highest BCUT2D eigenvalue weighted by atomic mass is 19.4. The van der Waals surface area contributed by atoms with Crippen molar-refractivity contribution in [1.82, 2.24) is 24.6 Å². The van der Waals surface area contributed by atoms with Crippen LogP contribution in [-0.2, 0) is 25.4 Å². The fourth-order valence-corrected chi connectivity index (χ4v) is 3.57. The first-order valence-corrected chi connectivity index (χ1v) is 10.6. The predicted octanol–water partition coefficient (Wildman–Crippen LogP) is 4.25. The first-order valence-electron chi connectivity index (χ1n) is 10.6. The summed E-state index contributed by atoms with van der Waals surface area (Å²) in [5.74, 6) is -1.62. The number of aromatic nitrogens is 4. The summed E-state index contributed by atoms with van der Waals surface area (Å²) in [5, 5.41) is 6.38. The molecule has 0 fully saturated rings. The van der Waals surface area contributed by atoms with Crippen molar-refractivity contribution in [3.05, 3.63) is 93.4 Å². The number of benzene rings is 2. The summed E-state index contributed by atoms with van der Waals surface area (Å²) >= 11 is 0. The topological polar surface area (TPSA) is 81.8 Å². The van der Waals surface area contributed by atoms with Gasteiger partial charge in [-0.05, 0) is 35.9 Å². The molecule has 2 aromatic carbocycles. The van der Waals surface area contributed by atoms with E-state index in [-0.39, 0.29) is 36.7 Å². The number of nitrogens with zero attached hydrogens (tertiary/aromatic N) is 4. The Balaban J connectivity index is 1.48. The van der Waals surface area contributed by atoms with Crippen molar-refractivity contribution >= 4 is 16.9 Å². The molecule has 37 heavy (non-hydrogen) atoms. The second-order valence-electron chi connectivity index (χ2n) is 7.96. The molecule has 1 amide bonds. The number of hydrogen-bond acceptors (Lipinski definition) is 4. The third kappa shape index (κ3) is 5.78. The van der Waals surface area contributed by atoms with Crippen LogP contribution >= 0.6 is 0 Å². The lowest BCUT2D eigenvalue weighted by atomic mass is 10.0. The van der Waals surface area contributed by atoms with Gasteiger partial charge in [0.2, 0.25) is 0 Å². The minimum Gasteiger partial charge on any atom is -0.350 e. The Bertz CT molecular complexity index is 1490. The molecule has 0 radical (unpaired) electrons. The van der Waals surface area contributed by atoms with Crippen molar-refractivity contribution < 1.29 is 35.5 Å². The number of alkyl halides is 6. The van der Waals surface area contributed by atoms with Crippen molar-refractivity contribution in [2.45, 2.75) is 25.4 Å². The maximum Gasteiger partial charge on any atom is 0.416 e. The minimum atomic E-state index is -5.09. The van der Waals surface area contributed by atoms with Crippen LogP contribution in [-0.4, -0.2) is 31.8 Å². The molecule has 194 valence electrons. The highest BCUT2D eigenvalue weighted by molar-refractivity contribution is 5.94. The Morgan fingerprint density at radius 3 is 2.27 bits per heavy atom. The van der Waals surface area contributed by atoms with Crippen LogP contribution in [0, 0.1) is 5.82 Å². The van der Waals surface area contributed by atoms with E-state index >= 15 is 0 Å². The molecule has 4 aromatic rings. The summed E-state index contributed by atoms with van der Waals surface area (Å²) < 4.78 is 94.1. The zero-order valence-corrected chi connectivity index (χ0v) is 18.6. The number of amides is 1. The van der Waals surface area contributed by atoms with Gasteiger partial charge >= 0.3 is 12.4 Å². The average molecular weight is 527 g/mol. The van der Waals surface area contributed by atoms with Gasteiger partial charge < -0.3 is 5.32 Å². The summed E-state index contributed by atoms with van der Waals surface area (Å²) in [6.45, 7) is -0.264. The van der Waals surface area contributed by atoms with Gasteiger partial charge in [0.05, 0.1) is 30.4 Å². The molecule has 0 saturated carbocycles. The van der Waals surface area contributed by atoms with E-state index in [1.54, 1.807) is 6.07 Å². The fraction of sp³-hybridized carbons (Fsp3) is 0.217. The normalized spacial score (nSPS) is 12.2. The van der Waals surface area contributed by atoms with Gasteiger partial charge in [0.1, 0.15) is 17.5 Å². The monoisotopic (exact) mass is 527 g/mol. The molecule has 0 unspecified atom stereocenters. The standard InChI is InChI=1S/C23H16F7N5O2/c24-17-3-1-2-13(6-17)11-34-12-32-19-18(21(34)37)10-33-35(19)5-4-31-20(36)14-7-15(22(25,26)27)9-16(8-14)23(28,29)30/h1-3,6-10,12H,4-5,11H2,(H,31,36). The number of hydrogen-bond donors (Lipinski definition) is 1. The van der Waals surface area contributed by atoms with Crippen molar-refractivity contribution in [1.29, 1.82) is 0 Å². The highest BCUT2D eigenvalue weighted by Crippen LogP contribution is 2.36. The van der Waals surface area contributed by atoms with Crippen LogP contribution in [0.1, 0.15) is 27.0 Å². The minimum absolute atomic E-state index is 0.0532. The van der Waals surface area contributed by atoms with Gasteiger partial charge in [-0.15, -0.1) is 0 Å². The molecule has 0 bridgehead atoms. The summed E-state index contributed by atoms with van der Waals surface area (Å²) in [6.07, 6.45) is -7.71. The van der Waals surface area contributed by atoms with Crippen LogP contribution in [0.25, 0.3) is 11.0 Å². The van der Waals surface area contributed by atoms with Gasteiger partial charge in [0.15, 0.2) is 5.65 Å². The molecule has 0 aliphatic carbocycles. The molecule has 0 saturated heterocycles. The van der Waals surface area contributed by atoms with E-state index in [4.69, 9.17) is 0 Å². The van der Waals surface area contributed by atoms with Crippen molar-refractivity contribution in [3.8, 4) is 0 Å². The van der Waals surface area contributed by atoms with Crippen LogP contribution in [0.5, 0.6) is 0 Å². The van der Waals surface area contributed by atoms with Crippen LogP contribution in [0.2, 0.25) is 0 Å². The third-order valence-electron chi connectivity index (χ3n) is 5.32. The summed E-state index contributed by atoms with van der Waals surface area (Å²) in [7, 11) is 0. The van der Waals surface area contributed by atoms with Crippen LogP contribution in [0.4, 0.5) is 30.7 Å². The summed E-state index contributed by atoms with van der Waals surface area (Å²) in [5.41, 5.74) is -3.82. The molecule has 7 nitrogen and oxygen atoms in total. The predicted molar refractivity (Wildman–Crippen MR) is 116 cm³/mol. The van der Waals surface area contributed by atoms with Crippen molar-refractivity contribution in [2.75, 3.05) is 6.54 Å². The summed E-state index contributed by atoms with van der Waals surface area (Å²) in [4.78, 5) is 29.2. The molecule has 0 spiro atoms. The zero-order chi connectivity index (χ0) is 27.0. The Morgan fingerprint density at radius 2 is 1.65 bits per heavy atom. The second-order valence-corrected chi connectivity index (χ2v) is 7.96. The lowest BCUT2D eigenvalue weighted by molar-refractivity contribution is -0.143. The molecule has 2 aromatic heterocycles. The SMILES string of the molecule is O=C(NCCn1ncc2c(=O)n(Cc3cccc(F)c3)cnc21)c1cc(C(F)(F)F)cc(C(F)(F)F)c1. The van der Waals surface area contributed by atoms with E-state index in [1.165, 1.54) is 40.0 Å². The van der Waals surface area contributed by atoms with Gasteiger partial charge in [0, 0.05) is 12.1 Å². The zero-order valence-electron chi connectivity index (χ0n) is 18.6. The van der Waals surface area contributed by atoms with E-state index in [0.717, 1.165) is 0 Å². The van der Waals surface area contributed by atoms with Gasteiger partial charge in [-0.2, -0.15) is 31.4 Å². The lowest BCUT2D eigenvalue weighted by Gasteiger charge is -2.14. The van der Waals surface area contributed by atoms with E-state index in [2.05, 4.69) is 15.4 Å². The smallest absolute Gasteiger partial charge is 0.350 e. The van der Waals surface area contributed by atoms with Gasteiger partial charge in [-0.25, -0.2) is 14.1 Å². The van der Waals surface area contributed by atoms with E-state index in [9.17, 15) is 40.3 Å². The second kappa shape index (κ2) is 9.67. The van der Waals surface area contributed by atoms with E-state index in [1.807, 2.05) is 0 Å². The molecule has 1 N–H and O–H groups in total. The molecule has 4 rings (SSSR count). The van der Waals surface area contributed by atoms with E-state index in [0.29, 0.717) is 17.7 Å². The van der Waals surface area contributed by atoms with Crippen LogP contribution in [0.15, 0.2) is 59.8 Å². The number of carbonyl (C=O) groups is 1. The quantitative estimate of drug-likeness (QED) is 0.381. The van der Waals surface area contributed by atoms with Crippen LogP contribution in [0.3, 0.4) is 0 Å². The molecule has 0 atom stereocenters. The van der Waals surface area contributed by atoms with Crippen molar-refractivity contribution in [2.24, 2.45) is 0 Å². The average Bonchev–Trinajstić information content (AvgIpc) is 3.23. The number of fused-ring (bicyclic) bond motifs is 1. The molecule has 0 aliphatic heterocycles. The molecular weight excluding hydrogens is 511 g/mol. The number of carbonyl (C=O) groups excluding carboxylic acids is 1. The Labute approximate surface area is 203 Å². The summed E-state index contributed by atoms with van der Waals surface area (Å²) in [6, 6.07) is 6.25. The number of nitrogens with one attached hydrogen (secondary N) is 1. The van der Waals surface area contributed by atoms with Gasteiger partial charge in [-0.1, -0.05) is 12.1 Å².